The van der Waals surface area contributed by atoms with E-state index in [9.17, 15) is 9.59 Å². The van der Waals surface area contributed by atoms with Gasteiger partial charge in [0.25, 0.3) is 0 Å². The van der Waals surface area contributed by atoms with Gasteiger partial charge in [-0.1, -0.05) is 71.7 Å². The van der Waals surface area contributed by atoms with E-state index in [0.29, 0.717) is 21.3 Å². The molecule has 0 bridgehead atoms. The standard InChI is InChI=1S/C24H22Cl2N2O4S/c1-31-23(29)21(28-24(30)32-14-15-7-3-2-4-8-15)22(16-11-12-17(25)18(26)13-16)33-20-10-6-5-9-19(20)27/h2-13,21-22H,14,27H2,1H3,(H,28,30). The third-order valence-electron chi connectivity index (χ3n) is 4.69. The molecule has 9 heteroatoms. The Bertz CT molecular complexity index is 1110. The number of carbonyl (C=O) groups is 2. The smallest absolute Gasteiger partial charge is 0.408 e. The molecule has 3 aromatic rings. The van der Waals surface area contributed by atoms with E-state index < -0.39 is 23.4 Å². The number of ether oxygens (including phenoxy) is 2. The van der Waals surface area contributed by atoms with Gasteiger partial charge >= 0.3 is 12.1 Å². The Labute approximate surface area is 206 Å². The first-order valence-corrected chi connectivity index (χ1v) is 11.5. The van der Waals surface area contributed by atoms with Gasteiger partial charge in [-0.2, -0.15) is 0 Å². The number of nitrogens with one attached hydrogen (secondary N) is 1. The van der Waals surface area contributed by atoms with E-state index in [1.165, 1.54) is 18.9 Å². The van der Waals surface area contributed by atoms with Crippen LogP contribution in [-0.4, -0.2) is 25.2 Å². The van der Waals surface area contributed by atoms with Gasteiger partial charge in [0.05, 0.1) is 22.4 Å². The fraction of sp³-hybridized carbons (Fsp3) is 0.167. The number of benzene rings is 3. The molecule has 2 unspecified atom stereocenters. The number of nitrogen functional groups attached to an aromatic ring is 1. The summed E-state index contributed by atoms with van der Waals surface area (Å²) in [6.45, 7) is 0.0524. The van der Waals surface area contributed by atoms with Gasteiger partial charge < -0.3 is 20.5 Å². The molecule has 3 N–H and O–H groups in total. The van der Waals surface area contributed by atoms with Crippen LogP contribution in [0.3, 0.4) is 0 Å². The average Bonchev–Trinajstić information content (AvgIpc) is 2.83. The van der Waals surface area contributed by atoms with Crippen LogP contribution in [0.2, 0.25) is 10.0 Å². The highest BCUT2D eigenvalue weighted by molar-refractivity contribution is 7.99. The summed E-state index contributed by atoms with van der Waals surface area (Å²) in [5.41, 5.74) is 8.12. The van der Waals surface area contributed by atoms with Crippen molar-refractivity contribution in [2.24, 2.45) is 0 Å². The van der Waals surface area contributed by atoms with E-state index in [1.807, 2.05) is 48.5 Å². The Morgan fingerprint density at radius 3 is 2.36 bits per heavy atom. The summed E-state index contributed by atoms with van der Waals surface area (Å²) < 4.78 is 10.3. The molecule has 0 saturated heterocycles. The third-order valence-corrected chi connectivity index (χ3v) is 6.85. The van der Waals surface area contributed by atoms with Gasteiger partial charge in [-0.25, -0.2) is 9.59 Å². The maximum atomic E-state index is 12.8. The first-order chi connectivity index (χ1) is 15.9. The largest absolute Gasteiger partial charge is 0.467 e. The number of nitrogens with two attached hydrogens (primary N) is 1. The van der Waals surface area contributed by atoms with Gasteiger partial charge in [0.2, 0.25) is 0 Å². The van der Waals surface area contributed by atoms with E-state index in [-0.39, 0.29) is 6.61 Å². The molecule has 0 heterocycles. The second kappa shape index (κ2) is 11.8. The molecular weight excluding hydrogens is 483 g/mol. The van der Waals surface area contributed by atoms with Crippen LogP contribution in [-0.2, 0) is 20.9 Å². The zero-order valence-electron chi connectivity index (χ0n) is 17.7. The predicted octanol–water partition coefficient (Wildman–Crippen LogP) is 5.88. The fourth-order valence-corrected chi connectivity index (χ4v) is 4.56. The molecule has 172 valence electrons. The summed E-state index contributed by atoms with van der Waals surface area (Å²) in [4.78, 5) is 26.1. The molecule has 0 aliphatic heterocycles. The molecule has 1 amide bonds. The Morgan fingerprint density at radius 1 is 1.00 bits per heavy atom. The summed E-state index contributed by atoms with van der Waals surface area (Å²) in [5, 5.41) is 2.68. The van der Waals surface area contributed by atoms with Gasteiger partial charge in [-0.3, -0.25) is 0 Å². The maximum absolute atomic E-state index is 12.8. The molecule has 3 aromatic carbocycles. The summed E-state index contributed by atoms with van der Waals surface area (Å²) in [5.74, 6) is -0.648. The van der Waals surface area contributed by atoms with Crippen molar-refractivity contribution in [2.45, 2.75) is 22.8 Å². The number of hydrogen-bond donors (Lipinski definition) is 2. The van der Waals surface area contributed by atoms with Gasteiger partial charge in [0.1, 0.15) is 12.6 Å². The van der Waals surface area contributed by atoms with E-state index in [0.717, 1.165) is 10.5 Å². The maximum Gasteiger partial charge on any atom is 0.408 e. The van der Waals surface area contributed by atoms with E-state index >= 15 is 0 Å². The number of halogens is 2. The van der Waals surface area contributed by atoms with Crippen LogP contribution in [0, 0.1) is 0 Å². The highest BCUT2D eigenvalue weighted by Gasteiger charge is 2.34. The quantitative estimate of drug-likeness (QED) is 0.226. The molecule has 0 saturated carbocycles. The van der Waals surface area contributed by atoms with Crippen LogP contribution in [0.5, 0.6) is 0 Å². The lowest BCUT2D eigenvalue weighted by atomic mass is 10.1. The second-order valence-electron chi connectivity index (χ2n) is 6.96. The van der Waals surface area contributed by atoms with Crippen molar-refractivity contribution in [3.05, 3.63) is 94.0 Å². The van der Waals surface area contributed by atoms with Crippen LogP contribution in [0.15, 0.2) is 77.7 Å². The lowest BCUT2D eigenvalue weighted by Gasteiger charge is -2.26. The Balaban J connectivity index is 1.90. The minimum atomic E-state index is -1.10. The first-order valence-electron chi connectivity index (χ1n) is 9.90. The summed E-state index contributed by atoms with van der Waals surface area (Å²) in [6.07, 6.45) is -0.763. The molecule has 0 aliphatic rings. The topological polar surface area (TPSA) is 90.6 Å². The minimum Gasteiger partial charge on any atom is -0.467 e. The van der Waals surface area contributed by atoms with Gasteiger partial charge in [0.15, 0.2) is 0 Å². The van der Waals surface area contributed by atoms with Crippen molar-refractivity contribution in [3.8, 4) is 0 Å². The lowest BCUT2D eigenvalue weighted by Crippen LogP contribution is -2.45. The monoisotopic (exact) mass is 504 g/mol. The minimum absolute atomic E-state index is 0.0524. The number of amides is 1. The number of methoxy groups -OCH3 is 1. The number of carbonyl (C=O) groups excluding carboxylic acids is 2. The van der Waals surface area contributed by atoms with Crippen molar-refractivity contribution in [1.29, 1.82) is 0 Å². The number of rotatable bonds is 8. The highest BCUT2D eigenvalue weighted by atomic mass is 35.5. The molecule has 0 aliphatic carbocycles. The Morgan fingerprint density at radius 2 is 1.70 bits per heavy atom. The molecule has 0 radical (unpaired) electrons. The Hall–Kier alpha value is -2.87. The van der Waals surface area contributed by atoms with Crippen LogP contribution >= 0.6 is 35.0 Å². The SMILES string of the molecule is COC(=O)C(NC(=O)OCc1ccccc1)C(Sc1ccccc1N)c1ccc(Cl)c(Cl)c1. The summed E-state index contributed by atoms with van der Waals surface area (Å²) in [6, 6.07) is 20.3. The number of thioether (sulfide) groups is 1. The van der Waals surface area contributed by atoms with Crippen LogP contribution < -0.4 is 11.1 Å². The summed E-state index contributed by atoms with van der Waals surface area (Å²) in [7, 11) is 1.25. The number of para-hydroxylation sites is 1. The zero-order valence-corrected chi connectivity index (χ0v) is 20.0. The van der Waals surface area contributed by atoms with E-state index in [1.54, 1.807) is 24.3 Å². The average molecular weight is 505 g/mol. The van der Waals surface area contributed by atoms with E-state index in [4.69, 9.17) is 38.4 Å². The number of hydrogen-bond acceptors (Lipinski definition) is 6. The van der Waals surface area contributed by atoms with Gasteiger partial charge in [-0.05, 0) is 35.4 Å². The number of esters is 1. The van der Waals surface area contributed by atoms with Crippen molar-refractivity contribution >= 4 is 52.7 Å². The van der Waals surface area contributed by atoms with E-state index in [2.05, 4.69) is 5.32 Å². The fourth-order valence-electron chi connectivity index (χ4n) is 3.02. The van der Waals surface area contributed by atoms with Gasteiger partial charge in [0, 0.05) is 10.6 Å². The third kappa shape index (κ3) is 6.81. The normalized spacial score (nSPS) is 12.5. The van der Waals surface area contributed by atoms with Gasteiger partial charge in [-0.15, -0.1) is 11.8 Å². The molecule has 6 nitrogen and oxygen atoms in total. The van der Waals surface area contributed by atoms with Crippen molar-refractivity contribution in [3.63, 3.8) is 0 Å². The Kier molecular flexibility index (Phi) is 8.88. The number of anilines is 1. The molecule has 33 heavy (non-hydrogen) atoms. The molecule has 0 fully saturated rings. The molecule has 0 aromatic heterocycles. The molecule has 2 atom stereocenters. The van der Waals surface area contributed by atoms with Crippen LogP contribution in [0.4, 0.5) is 10.5 Å². The van der Waals surface area contributed by atoms with Crippen LogP contribution in [0.25, 0.3) is 0 Å². The van der Waals surface area contributed by atoms with Crippen LogP contribution in [0.1, 0.15) is 16.4 Å². The van der Waals surface area contributed by atoms with Crippen molar-refractivity contribution in [1.82, 2.24) is 5.32 Å². The molecular formula is C24H22Cl2N2O4S. The highest BCUT2D eigenvalue weighted by Crippen LogP contribution is 2.42. The van der Waals surface area contributed by atoms with Crippen molar-refractivity contribution < 1.29 is 19.1 Å². The lowest BCUT2D eigenvalue weighted by molar-refractivity contribution is -0.143. The zero-order chi connectivity index (χ0) is 23.8. The molecule has 3 rings (SSSR count). The number of alkyl carbamates (subject to hydrolysis) is 1. The predicted molar refractivity (Wildman–Crippen MR) is 131 cm³/mol. The van der Waals surface area contributed by atoms with Crippen molar-refractivity contribution in [2.75, 3.05) is 12.8 Å². The molecule has 0 spiro atoms. The summed E-state index contributed by atoms with van der Waals surface area (Å²) >= 11 is 13.6. The first kappa shape index (κ1) is 24.8. The second-order valence-corrected chi connectivity index (χ2v) is 8.95.